The van der Waals surface area contributed by atoms with Gasteiger partial charge in [-0.25, -0.2) is 9.97 Å². The van der Waals surface area contributed by atoms with Crippen molar-refractivity contribution in [1.82, 2.24) is 18.8 Å². The largest absolute Gasteiger partial charge is 0.456 e. The molecule has 0 aliphatic carbocycles. The Morgan fingerprint density at radius 1 is 0.478 bits per heavy atom. The number of benzene rings is 4. The summed E-state index contributed by atoms with van der Waals surface area (Å²) < 4.78 is 10.2. The van der Waals surface area contributed by atoms with E-state index in [2.05, 4.69) is 102 Å². The van der Waals surface area contributed by atoms with Crippen molar-refractivity contribution in [3.05, 3.63) is 164 Å². The average molecular weight is 594 g/mol. The normalized spacial score (nSPS) is 11.5. The minimum Gasteiger partial charge on any atom is -0.456 e. The number of anilines is 3. The van der Waals surface area contributed by atoms with E-state index in [1.54, 1.807) is 0 Å². The average Bonchev–Trinajstić information content (AvgIpc) is 3.86. The van der Waals surface area contributed by atoms with Gasteiger partial charge in [-0.3, -0.25) is 0 Å². The van der Waals surface area contributed by atoms with E-state index in [0.717, 1.165) is 73.2 Å². The maximum atomic E-state index is 6.15. The molecule has 0 amide bonds. The van der Waals surface area contributed by atoms with Crippen LogP contribution in [0.2, 0.25) is 0 Å². The van der Waals surface area contributed by atoms with Crippen LogP contribution in [0.3, 0.4) is 0 Å². The molecule has 5 heterocycles. The van der Waals surface area contributed by atoms with Gasteiger partial charge in [0.15, 0.2) is 0 Å². The molecule has 0 fully saturated rings. The first kappa shape index (κ1) is 26.0. The zero-order chi connectivity index (χ0) is 30.5. The minimum absolute atomic E-state index is 0.855. The maximum Gasteiger partial charge on any atom is 0.137 e. The summed E-state index contributed by atoms with van der Waals surface area (Å²) in [6, 6.07) is 48.0. The minimum atomic E-state index is 0.855. The summed E-state index contributed by atoms with van der Waals surface area (Å²) in [6.45, 7) is 0. The molecular weight excluding hydrogens is 566 g/mol. The highest BCUT2D eigenvalue weighted by molar-refractivity contribution is 5.84. The molecule has 46 heavy (non-hydrogen) atoms. The Balaban J connectivity index is 1.09. The molecule has 0 spiro atoms. The molecule has 9 rings (SSSR count). The van der Waals surface area contributed by atoms with Gasteiger partial charge >= 0.3 is 0 Å². The fraction of sp³-hybridized carbons (Fsp3) is 0. The predicted octanol–water partition coefficient (Wildman–Crippen LogP) is 10.2. The smallest absolute Gasteiger partial charge is 0.137 e. The Bertz CT molecular complexity index is 2090. The Morgan fingerprint density at radius 2 is 0.957 bits per heavy atom. The molecule has 218 valence electrons. The molecule has 0 N–H and O–H groups in total. The summed E-state index contributed by atoms with van der Waals surface area (Å²) in [5.41, 5.74) is 10.9. The molecule has 0 radical (unpaired) electrons. The van der Waals surface area contributed by atoms with Gasteiger partial charge in [-0.05, 0) is 84.9 Å². The van der Waals surface area contributed by atoms with Crippen LogP contribution >= 0.6 is 0 Å². The number of furan rings is 1. The summed E-state index contributed by atoms with van der Waals surface area (Å²) >= 11 is 0. The lowest BCUT2D eigenvalue weighted by Crippen LogP contribution is -2.09. The highest BCUT2D eigenvalue weighted by atomic mass is 16.3. The van der Waals surface area contributed by atoms with Gasteiger partial charge < -0.3 is 18.1 Å². The van der Waals surface area contributed by atoms with Crippen molar-refractivity contribution in [2.75, 3.05) is 4.90 Å². The van der Waals surface area contributed by atoms with E-state index in [-0.39, 0.29) is 0 Å². The molecule has 6 nitrogen and oxygen atoms in total. The Kier molecular flexibility index (Phi) is 6.03. The van der Waals surface area contributed by atoms with Crippen molar-refractivity contribution in [3.63, 3.8) is 0 Å². The molecule has 0 aliphatic rings. The van der Waals surface area contributed by atoms with Gasteiger partial charge in [0.05, 0.1) is 11.4 Å². The monoisotopic (exact) mass is 593 g/mol. The van der Waals surface area contributed by atoms with E-state index >= 15 is 0 Å². The number of fused-ring (bicyclic) bond motifs is 3. The molecule has 0 saturated carbocycles. The maximum absolute atomic E-state index is 6.15. The van der Waals surface area contributed by atoms with Crippen molar-refractivity contribution in [1.29, 1.82) is 0 Å². The van der Waals surface area contributed by atoms with Crippen LogP contribution in [-0.4, -0.2) is 18.8 Å². The SMILES string of the molecule is c1ccc2oc(-c3ccc(N(c4ccc(-c5cn6ccccc6n5)cc4)c4ccc(-c5cn6ccccc6n5)cc4)cc3)cc2c1. The summed E-state index contributed by atoms with van der Waals surface area (Å²) in [5.74, 6) is 0.855. The number of pyridine rings is 2. The second kappa shape index (κ2) is 10.6. The van der Waals surface area contributed by atoms with E-state index < -0.39 is 0 Å². The number of hydrogen-bond acceptors (Lipinski definition) is 4. The van der Waals surface area contributed by atoms with E-state index in [9.17, 15) is 0 Å². The van der Waals surface area contributed by atoms with Crippen molar-refractivity contribution in [3.8, 4) is 33.8 Å². The second-order valence-corrected chi connectivity index (χ2v) is 11.3. The molecule has 0 bridgehead atoms. The van der Waals surface area contributed by atoms with E-state index in [1.807, 2.05) is 75.8 Å². The van der Waals surface area contributed by atoms with Crippen molar-refractivity contribution in [2.24, 2.45) is 0 Å². The lowest BCUT2D eigenvalue weighted by atomic mass is 10.1. The third-order valence-corrected chi connectivity index (χ3v) is 8.41. The van der Waals surface area contributed by atoms with Crippen LogP contribution < -0.4 is 4.90 Å². The molecule has 0 unspecified atom stereocenters. The molecule has 0 atom stereocenters. The second-order valence-electron chi connectivity index (χ2n) is 11.3. The number of para-hydroxylation sites is 1. The van der Waals surface area contributed by atoms with Crippen molar-refractivity contribution >= 4 is 39.3 Å². The topological polar surface area (TPSA) is 51.0 Å². The number of nitrogens with zero attached hydrogens (tertiary/aromatic N) is 5. The van der Waals surface area contributed by atoms with Gasteiger partial charge in [0.2, 0.25) is 0 Å². The first-order valence-corrected chi connectivity index (χ1v) is 15.2. The molecule has 9 aromatic rings. The number of rotatable bonds is 6. The van der Waals surface area contributed by atoms with E-state index in [1.165, 1.54) is 0 Å². The lowest BCUT2D eigenvalue weighted by Gasteiger charge is -2.26. The number of aromatic nitrogens is 4. The van der Waals surface area contributed by atoms with E-state index in [4.69, 9.17) is 14.4 Å². The zero-order valence-corrected chi connectivity index (χ0v) is 24.7. The Morgan fingerprint density at radius 3 is 1.46 bits per heavy atom. The Hall–Kier alpha value is -6.40. The van der Waals surface area contributed by atoms with Gasteiger partial charge in [0.1, 0.15) is 22.6 Å². The van der Waals surface area contributed by atoms with Crippen LogP contribution in [0.15, 0.2) is 169 Å². The molecule has 5 aromatic heterocycles. The fourth-order valence-electron chi connectivity index (χ4n) is 6.06. The third-order valence-electron chi connectivity index (χ3n) is 8.41. The first-order valence-electron chi connectivity index (χ1n) is 15.2. The van der Waals surface area contributed by atoms with Crippen LogP contribution in [-0.2, 0) is 0 Å². The fourth-order valence-corrected chi connectivity index (χ4v) is 6.06. The third kappa shape index (κ3) is 4.60. The molecule has 0 saturated heterocycles. The molecular formula is C40H27N5O. The van der Waals surface area contributed by atoms with E-state index in [0.29, 0.717) is 0 Å². The number of hydrogen-bond donors (Lipinski definition) is 0. The molecule has 0 aliphatic heterocycles. The number of imidazole rings is 2. The summed E-state index contributed by atoms with van der Waals surface area (Å²) in [5, 5.41) is 1.10. The van der Waals surface area contributed by atoms with Gasteiger partial charge in [-0.1, -0.05) is 54.6 Å². The van der Waals surface area contributed by atoms with Crippen LogP contribution in [0.25, 0.3) is 56.1 Å². The standard InChI is InChI=1S/C40H27N5O/c1-2-8-37-31(7-1)25-38(46-37)30-15-21-34(22-16-30)45(32-17-11-28(12-18-32)35-26-43-23-5-3-9-39(43)41-35)33-19-13-29(14-20-33)36-27-44-24-6-4-10-40(44)42-36/h1-27H. The van der Waals surface area contributed by atoms with Crippen molar-refractivity contribution in [2.45, 2.75) is 0 Å². The Labute approximate surface area is 265 Å². The summed E-state index contributed by atoms with van der Waals surface area (Å²) in [6.07, 6.45) is 8.17. The zero-order valence-electron chi connectivity index (χ0n) is 24.7. The van der Waals surface area contributed by atoms with Crippen LogP contribution in [0.1, 0.15) is 0 Å². The van der Waals surface area contributed by atoms with Crippen LogP contribution in [0.4, 0.5) is 17.1 Å². The lowest BCUT2D eigenvalue weighted by molar-refractivity contribution is 0.631. The van der Waals surface area contributed by atoms with Crippen molar-refractivity contribution < 1.29 is 4.42 Å². The van der Waals surface area contributed by atoms with Crippen LogP contribution in [0, 0.1) is 0 Å². The van der Waals surface area contributed by atoms with Gasteiger partial charge in [0, 0.05) is 63.9 Å². The van der Waals surface area contributed by atoms with Gasteiger partial charge in [-0.2, -0.15) is 0 Å². The van der Waals surface area contributed by atoms with Crippen LogP contribution in [0.5, 0.6) is 0 Å². The molecule has 4 aromatic carbocycles. The summed E-state index contributed by atoms with van der Waals surface area (Å²) in [4.78, 5) is 11.9. The first-order chi connectivity index (χ1) is 22.7. The molecule has 6 heteroatoms. The van der Waals surface area contributed by atoms with Gasteiger partial charge in [-0.15, -0.1) is 0 Å². The summed E-state index contributed by atoms with van der Waals surface area (Å²) in [7, 11) is 0. The predicted molar refractivity (Wildman–Crippen MR) is 185 cm³/mol. The van der Waals surface area contributed by atoms with Gasteiger partial charge in [0.25, 0.3) is 0 Å². The quantitative estimate of drug-likeness (QED) is 0.192. The highest BCUT2D eigenvalue weighted by Crippen LogP contribution is 2.38. The highest BCUT2D eigenvalue weighted by Gasteiger charge is 2.15.